The summed E-state index contributed by atoms with van der Waals surface area (Å²) in [5.41, 5.74) is -0.0469. The van der Waals surface area contributed by atoms with E-state index in [0.29, 0.717) is 16.5 Å². The van der Waals surface area contributed by atoms with E-state index in [1.165, 1.54) is 17.0 Å². The third-order valence-corrected chi connectivity index (χ3v) is 7.53. The highest BCUT2D eigenvalue weighted by molar-refractivity contribution is 8.18. The normalized spacial score (nSPS) is 15.9. The van der Waals surface area contributed by atoms with Crippen molar-refractivity contribution in [2.45, 2.75) is 45.1 Å². The van der Waals surface area contributed by atoms with Gasteiger partial charge in [0.1, 0.15) is 5.60 Å². The number of H-pyrrole nitrogens is 1. The number of allylic oxidation sites excluding steroid dienone is 1. The number of alkyl halides is 3. The summed E-state index contributed by atoms with van der Waals surface area (Å²) in [7, 11) is 1.61. The van der Waals surface area contributed by atoms with E-state index < -0.39 is 35.4 Å². The predicted octanol–water partition coefficient (Wildman–Crippen LogP) is 5.64. The Morgan fingerprint density at radius 3 is 2.64 bits per heavy atom. The molecule has 0 saturated heterocycles. The molecule has 0 aliphatic carbocycles. The van der Waals surface area contributed by atoms with E-state index in [9.17, 15) is 27.9 Å². The molecular weight excluding hydrogens is 595 g/mol. The maximum atomic E-state index is 13.9. The first-order valence-electron chi connectivity index (χ1n) is 12.8. The molecule has 3 N–H and O–H groups in total. The molecule has 1 atom stereocenters. The Bertz CT molecular complexity index is 1560. The van der Waals surface area contributed by atoms with Gasteiger partial charge in [-0.1, -0.05) is 23.7 Å². The lowest BCUT2D eigenvalue weighted by atomic mass is 9.93. The van der Waals surface area contributed by atoms with Crippen molar-refractivity contribution in [3.05, 3.63) is 69.2 Å². The summed E-state index contributed by atoms with van der Waals surface area (Å²) >= 11 is 6.89. The van der Waals surface area contributed by atoms with Gasteiger partial charge in [-0.2, -0.15) is 23.3 Å². The van der Waals surface area contributed by atoms with E-state index >= 15 is 0 Å². The number of amidine groups is 1. The Balaban J connectivity index is 1.60. The van der Waals surface area contributed by atoms with Gasteiger partial charge >= 0.3 is 12.3 Å². The number of carbonyl (C=O) groups excluding carboxylic acids is 2. The highest BCUT2D eigenvalue weighted by atomic mass is 35.5. The predicted molar refractivity (Wildman–Crippen MR) is 156 cm³/mol. The monoisotopic (exact) mass is 623 g/mol. The quantitative estimate of drug-likeness (QED) is 0.292. The number of benzene rings is 2. The van der Waals surface area contributed by atoms with Crippen molar-refractivity contribution >= 4 is 57.0 Å². The number of aliphatic imine (C=N–C) groups is 1. The van der Waals surface area contributed by atoms with Gasteiger partial charge in [0.15, 0.2) is 5.17 Å². The number of hydrogen-bond donors (Lipinski definition) is 3. The van der Waals surface area contributed by atoms with E-state index in [0.717, 1.165) is 23.3 Å². The van der Waals surface area contributed by atoms with Gasteiger partial charge < -0.3 is 20.1 Å². The summed E-state index contributed by atoms with van der Waals surface area (Å²) < 4.78 is 47.0. The summed E-state index contributed by atoms with van der Waals surface area (Å²) in [5.74, 6) is -0.618. The van der Waals surface area contributed by atoms with Crippen molar-refractivity contribution in [2.75, 3.05) is 20.1 Å². The van der Waals surface area contributed by atoms with Crippen molar-refractivity contribution in [1.82, 2.24) is 20.4 Å². The summed E-state index contributed by atoms with van der Waals surface area (Å²) in [6.07, 6.45) is -5.02. The zero-order valence-electron chi connectivity index (χ0n) is 23.2. The fourth-order valence-corrected chi connectivity index (χ4v) is 5.38. The topological polar surface area (TPSA) is 120 Å². The molecule has 0 spiro atoms. The van der Waals surface area contributed by atoms with Gasteiger partial charge in [0.25, 0.3) is 5.91 Å². The zero-order valence-corrected chi connectivity index (χ0v) is 24.7. The molecule has 3 aromatic rings. The second-order valence-corrected chi connectivity index (χ2v) is 12.1. The van der Waals surface area contributed by atoms with E-state index in [1.807, 2.05) is 0 Å². The van der Waals surface area contributed by atoms with Crippen LogP contribution in [0.25, 0.3) is 16.5 Å². The van der Waals surface area contributed by atoms with Crippen molar-refractivity contribution in [1.29, 1.82) is 0 Å². The van der Waals surface area contributed by atoms with Crippen molar-refractivity contribution in [2.24, 2.45) is 4.99 Å². The fraction of sp³-hybridized carbons (Fsp3) is 0.357. The molecule has 2 amide bonds. The van der Waals surface area contributed by atoms with Crippen LogP contribution in [-0.4, -0.2) is 69.2 Å². The number of aliphatic hydroxyl groups excluding tert-OH is 1. The Morgan fingerprint density at radius 2 is 1.95 bits per heavy atom. The van der Waals surface area contributed by atoms with Crippen LogP contribution in [0.4, 0.5) is 18.0 Å². The van der Waals surface area contributed by atoms with Crippen LogP contribution in [0, 0.1) is 0 Å². The molecule has 0 bridgehead atoms. The molecule has 2 heterocycles. The molecule has 0 saturated carbocycles. The van der Waals surface area contributed by atoms with Gasteiger partial charge in [-0.15, -0.1) is 0 Å². The van der Waals surface area contributed by atoms with E-state index in [2.05, 4.69) is 20.5 Å². The number of alkyl carbamates (subject to hydrolysis) is 1. The van der Waals surface area contributed by atoms with E-state index in [1.54, 1.807) is 52.2 Å². The third-order valence-electron chi connectivity index (χ3n) is 6.08. The Morgan fingerprint density at radius 1 is 1.21 bits per heavy atom. The van der Waals surface area contributed by atoms with Crippen LogP contribution in [0.3, 0.4) is 0 Å². The molecule has 42 heavy (non-hydrogen) atoms. The van der Waals surface area contributed by atoms with Crippen LogP contribution in [0.15, 0.2) is 52.5 Å². The lowest BCUT2D eigenvalue weighted by Crippen LogP contribution is -2.41. The number of nitrogens with zero attached hydrogens (tertiary/aromatic N) is 3. The van der Waals surface area contributed by atoms with Crippen LogP contribution < -0.4 is 5.32 Å². The number of aromatic nitrogens is 2. The first kappa shape index (κ1) is 31.4. The minimum atomic E-state index is -4.66. The SMILES string of the molecule is CN(CC(O)CNC(=O)OC(C)(C)C)C1=NC(=O)C(=C(Cc2ccc(Cl)cc2C(F)(F)F)c2ccc3[nH]ncc3c2)S1. The number of hydrogen-bond acceptors (Lipinski definition) is 7. The number of aromatic amines is 1. The summed E-state index contributed by atoms with van der Waals surface area (Å²) in [5, 5.41) is 20.7. The average Bonchev–Trinajstić information content (AvgIpc) is 3.51. The molecule has 1 aliphatic rings. The number of carbonyl (C=O) groups is 2. The number of fused-ring (bicyclic) bond motifs is 1. The van der Waals surface area contributed by atoms with Crippen molar-refractivity contribution in [3.63, 3.8) is 0 Å². The number of halogens is 4. The molecule has 2 aromatic carbocycles. The van der Waals surface area contributed by atoms with Gasteiger partial charge in [0, 0.05) is 30.5 Å². The number of nitrogens with one attached hydrogen (secondary N) is 2. The second kappa shape index (κ2) is 12.4. The Kier molecular flexibility index (Phi) is 9.24. The molecule has 1 aromatic heterocycles. The molecule has 4 rings (SSSR count). The minimum absolute atomic E-state index is 0.00785. The minimum Gasteiger partial charge on any atom is -0.444 e. The molecule has 0 fully saturated rings. The van der Waals surface area contributed by atoms with Gasteiger partial charge in [-0.25, -0.2) is 4.79 Å². The van der Waals surface area contributed by atoms with E-state index in [-0.39, 0.29) is 40.2 Å². The second-order valence-electron chi connectivity index (χ2n) is 10.7. The average molecular weight is 624 g/mol. The molecular formula is C28H29ClF3N5O4S. The third kappa shape index (κ3) is 7.84. The number of amides is 2. The molecule has 1 aliphatic heterocycles. The fourth-order valence-electron chi connectivity index (χ4n) is 4.22. The number of likely N-dealkylation sites (N-methyl/N-ethyl adjacent to an activating group) is 1. The molecule has 9 nitrogen and oxygen atoms in total. The zero-order chi connectivity index (χ0) is 30.8. The van der Waals surface area contributed by atoms with Crippen LogP contribution in [0.1, 0.15) is 37.5 Å². The standard InChI is InChI=1S/C28H29ClF3N5O4S/c1-27(2,3)41-26(40)33-13-19(38)14-37(4)25-35-24(39)23(42-25)20(15-6-8-22-17(9-15)12-34-36-22)10-16-5-7-18(29)11-21(16)28(30,31)32/h5-9,11-12,19,38H,10,13-14H2,1-4H3,(H,33,40)(H,34,36). The van der Waals surface area contributed by atoms with E-state index in [4.69, 9.17) is 16.3 Å². The Hall–Kier alpha value is -3.55. The number of rotatable bonds is 7. The highest BCUT2D eigenvalue weighted by Crippen LogP contribution is 2.40. The van der Waals surface area contributed by atoms with Gasteiger partial charge in [-0.05, 0) is 79.9 Å². The lowest BCUT2D eigenvalue weighted by molar-refractivity contribution is -0.138. The largest absolute Gasteiger partial charge is 0.444 e. The summed E-state index contributed by atoms with van der Waals surface area (Å²) in [4.78, 5) is 30.9. The smallest absolute Gasteiger partial charge is 0.416 e. The first-order chi connectivity index (χ1) is 19.6. The number of thioether (sulfide) groups is 1. The summed E-state index contributed by atoms with van der Waals surface area (Å²) in [6.45, 7) is 5.04. The molecule has 0 radical (unpaired) electrons. The lowest BCUT2D eigenvalue weighted by Gasteiger charge is -2.23. The Labute approximate surface area is 249 Å². The van der Waals surface area contributed by atoms with Crippen LogP contribution in [-0.2, 0) is 22.1 Å². The summed E-state index contributed by atoms with van der Waals surface area (Å²) in [6, 6.07) is 8.72. The first-order valence-corrected chi connectivity index (χ1v) is 14.0. The number of aliphatic hydroxyl groups is 1. The molecule has 224 valence electrons. The maximum absolute atomic E-state index is 13.9. The molecule has 14 heteroatoms. The van der Waals surface area contributed by atoms with Crippen LogP contribution in [0.2, 0.25) is 5.02 Å². The van der Waals surface area contributed by atoms with Crippen LogP contribution in [0.5, 0.6) is 0 Å². The van der Waals surface area contributed by atoms with Crippen molar-refractivity contribution in [3.8, 4) is 0 Å². The number of ether oxygens (including phenoxy) is 1. The van der Waals surface area contributed by atoms with Gasteiger partial charge in [0.2, 0.25) is 0 Å². The maximum Gasteiger partial charge on any atom is 0.416 e. The van der Waals surface area contributed by atoms with Gasteiger partial charge in [0.05, 0.1) is 28.3 Å². The van der Waals surface area contributed by atoms with Gasteiger partial charge in [-0.3, -0.25) is 9.89 Å². The molecule has 1 unspecified atom stereocenters. The highest BCUT2D eigenvalue weighted by Gasteiger charge is 2.35. The van der Waals surface area contributed by atoms with Crippen molar-refractivity contribution < 1.29 is 32.6 Å². The van der Waals surface area contributed by atoms with Crippen LogP contribution >= 0.6 is 23.4 Å².